The van der Waals surface area contributed by atoms with Crippen molar-refractivity contribution in [1.29, 1.82) is 0 Å². The summed E-state index contributed by atoms with van der Waals surface area (Å²) in [6, 6.07) is 12.8. The molecule has 0 aliphatic rings. The molecule has 0 saturated heterocycles. The summed E-state index contributed by atoms with van der Waals surface area (Å²) in [7, 11) is 4.79. The first-order valence-corrected chi connectivity index (χ1v) is 8.53. The van der Waals surface area contributed by atoms with Crippen LogP contribution in [0.3, 0.4) is 0 Å². The van der Waals surface area contributed by atoms with Gasteiger partial charge in [0.1, 0.15) is 0 Å². The van der Waals surface area contributed by atoms with E-state index in [2.05, 4.69) is 15.2 Å². The number of methoxy groups -OCH3 is 3. The van der Waals surface area contributed by atoms with E-state index >= 15 is 0 Å². The topological polar surface area (TPSA) is 73.8 Å². The number of nitrogens with zero attached hydrogens (tertiary/aromatic N) is 1. The molecule has 2 amide bonds. The molecule has 2 aromatic carbocycles. The van der Waals surface area contributed by atoms with Crippen LogP contribution < -0.4 is 20.1 Å². The fourth-order valence-corrected chi connectivity index (χ4v) is 2.92. The first kappa shape index (κ1) is 18.6. The van der Waals surface area contributed by atoms with Gasteiger partial charge in [-0.2, -0.15) is 0 Å². The Morgan fingerprint density at radius 2 is 1.78 bits per heavy atom. The van der Waals surface area contributed by atoms with Crippen LogP contribution in [-0.4, -0.2) is 38.5 Å². The maximum absolute atomic E-state index is 12.5. The van der Waals surface area contributed by atoms with Gasteiger partial charge in [0.2, 0.25) is 0 Å². The number of carbonyl (C=O) groups is 1. The first-order chi connectivity index (χ1) is 13.2. The van der Waals surface area contributed by atoms with E-state index in [9.17, 15) is 4.79 Å². The van der Waals surface area contributed by atoms with E-state index in [0.717, 1.165) is 16.6 Å². The Labute approximate surface area is 157 Å². The van der Waals surface area contributed by atoms with Crippen molar-refractivity contribution in [3.8, 4) is 11.5 Å². The Balaban J connectivity index is 1.78. The molecule has 27 heavy (non-hydrogen) atoms. The van der Waals surface area contributed by atoms with E-state index < -0.39 is 0 Å². The normalized spacial score (nSPS) is 10.6. The molecule has 3 rings (SSSR count). The smallest absolute Gasteiger partial charge is 0.323 e. The fraction of sp³-hybridized carbons (Fsp3) is 0.250. The molecule has 142 valence electrons. The van der Waals surface area contributed by atoms with Gasteiger partial charge in [-0.05, 0) is 18.2 Å². The van der Waals surface area contributed by atoms with Crippen molar-refractivity contribution in [3.05, 3.63) is 48.7 Å². The average Bonchev–Trinajstić information content (AvgIpc) is 3.03. The van der Waals surface area contributed by atoms with Crippen molar-refractivity contribution in [3.63, 3.8) is 0 Å². The minimum Gasteiger partial charge on any atom is -0.493 e. The SMILES string of the molecule is COCCn1cc(NC(=O)Nc2ccc(OC)c(OC)c2)c2ccccc21. The Morgan fingerprint density at radius 3 is 2.52 bits per heavy atom. The fourth-order valence-electron chi connectivity index (χ4n) is 2.92. The third-order valence-corrected chi connectivity index (χ3v) is 4.21. The summed E-state index contributed by atoms with van der Waals surface area (Å²) in [5.74, 6) is 1.15. The van der Waals surface area contributed by atoms with E-state index in [0.29, 0.717) is 30.3 Å². The maximum Gasteiger partial charge on any atom is 0.323 e. The summed E-state index contributed by atoms with van der Waals surface area (Å²) in [5, 5.41) is 6.70. The van der Waals surface area contributed by atoms with Crippen molar-refractivity contribution in [2.24, 2.45) is 0 Å². The minimum atomic E-state index is -0.336. The number of aromatic nitrogens is 1. The molecule has 1 aromatic heterocycles. The zero-order chi connectivity index (χ0) is 19.2. The van der Waals surface area contributed by atoms with Crippen LogP contribution in [0.5, 0.6) is 11.5 Å². The number of ether oxygens (including phenoxy) is 3. The molecule has 7 heteroatoms. The monoisotopic (exact) mass is 369 g/mol. The summed E-state index contributed by atoms with van der Waals surface area (Å²) in [6.07, 6.45) is 1.91. The number of amides is 2. The van der Waals surface area contributed by atoms with Gasteiger partial charge in [0.25, 0.3) is 0 Å². The van der Waals surface area contributed by atoms with Crippen molar-refractivity contribution >= 4 is 28.3 Å². The molecule has 1 heterocycles. The lowest BCUT2D eigenvalue weighted by Crippen LogP contribution is -2.19. The Kier molecular flexibility index (Phi) is 5.83. The number of rotatable bonds is 7. The summed E-state index contributed by atoms with van der Waals surface area (Å²) in [4.78, 5) is 12.5. The van der Waals surface area contributed by atoms with Crippen LogP contribution in [0.25, 0.3) is 10.9 Å². The Morgan fingerprint density at radius 1 is 1.00 bits per heavy atom. The summed E-state index contributed by atoms with van der Waals surface area (Å²) >= 11 is 0. The quantitative estimate of drug-likeness (QED) is 0.661. The van der Waals surface area contributed by atoms with Gasteiger partial charge < -0.3 is 29.4 Å². The van der Waals surface area contributed by atoms with Crippen molar-refractivity contribution in [2.75, 3.05) is 38.6 Å². The average molecular weight is 369 g/mol. The maximum atomic E-state index is 12.5. The van der Waals surface area contributed by atoms with Crippen LogP contribution in [-0.2, 0) is 11.3 Å². The van der Waals surface area contributed by atoms with Crippen molar-refractivity contribution < 1.29 is 19.0 Å². The van der Waals surface area contributed by atoms with Gasteiger partial charge in [0.15, 0.2) is 11.5 Å². The molecule has 0 bridgehead atoms. The minimum absolute atomic E-state index is 0.336. The van der Waals surface area contributed by atoms with E-state index in [1.807, 2.05) is 30.5 Å². The molecule has 0 saturated carbocycles. The molecule has 0 atom stereocenters. The number of para-hydroxylation sites is 1. The number of fused-ring (bicyclic) bond motifs is 1. The van der Waals surface area contributed by atoms with Gasteiger partial charge >= 0.3 is 6.03 Å². The van der Waals surface area contributed by atoms with Gasteiger partial charge in [0.05, 0.1) is 32.0 Å². The van der Waals surface area contributed by atoms with Crippen LogP contribution in [0.15, 0.2) is 48.7 Å². The van der Waals surface area contributed by atoms with Gasteiger partial charge in [-0.3, -0.25) is 0 Å². The van der Waals surface area contributed by atoms with E-state index in [1.165, 1.54) is 0 Å². The predicted molar refractivity (Wildman–Crippen MR) is 106 cm³/mol. The lowest BCUT2D eigenvalue weighted by atomic mass is 10.2. The zero-order valence-electron chi connectivity index (χ0n) is 15.6. The van der Waals surface area contributed by atoms with Gasteiger partial charge in [0, 0.05) is 37.0 Å². The van der Waals surface area contributed by atoms with Gasteiger partial charge in [-0.1, -0.05) is 18.2 Å². The molecular formula is C20H23N3O4. The largest absolute Gasteiger partial charge is 0.493 e. The number of anilines is 2. The van der Waals surface area contributed by atoms with Crippen LogP contribution in [0, 0.1) is 0 Å². The van der Waals surface area contributed by atoms with Gasteiger partial charge in [-0.15, -0.1) is 0 Å². The highest BCUT2D eigenvalue weighted by Crippen LogP contribution is 2.30. The van der Waals surface area contributed by atoms with Gasteiger partial charge in [-0.25, -0.2) is 4.79 Å². The molecule has 2 N–H and O–H groups in total. The summed E-state index contributed by atoms with van der Waals surface area (Å²) in [6.45, 7) is 1.30. The molecule has 0 fully saturated rings. The molecule has 0 radical (unpaired) electrons. The number of nitrogens with one attached hydrogen (secondary N) is 2. The summed E-state index contributed by atoms with van der Waals surface area (Å²) < 4.78 is 17.7. The van der Waals surface area contributed by atoms with E-state index in [-0.39, 0.29) is 6.03 Å². The van der Waals surface area contributed by atoms with Crippen LogP contribution in [0.2, 0.25) is 0 Å². The van der Waals surface area contributed by atoms with Crippen molar-refractivity contribution in [1.82, 2.24) is 4.57 Å². The van der Waals surface area contributed by atoms with E-state index in [4.69, 9.17) is 14.2 Å². The molecule has 7 nitrogen and oxygen atoms in total. The highest BCUT2D eigenvalue weighted by Gasteiger charge is 2.12. The second kappa shape index (κ2) is 8.46. The Bertz CT molecular complexity index is 936. The molecule has 0 aliphatic heterocycles. The summed E-state index contributed by atoms with van der Waals surface area (Å²) in [5.41, 5.74) is 2.38. The third-order valence-electron chi connectivity index (χ3n) is 4.21. The van der Waals surface area contributed by atoms with Crippen molar-refractivity contribution in [2.45, 2.75) is 6.54 Å². The molecule has 0 spiro atoms. The number of carbonyl (C=O) groups excluding carboxylic acids is 1. The molecule has 3 aromatic rings. The molecule has 0 unspecified atom stereocenters. The van der Waals surface area contributed by atoms with E-state index in [1.54, 1.807) is 39.5 Å². The number of hydrogen-bond acceptors (Lipinski definition) is 4. The predicted octanol–water partition coefficient (Wildman–Crippen LogP) is 3.95. The Hall–Kier alpha value is -3.19. The second-order valence-corrected chi connectivity index (χ2v) is 5.90. The van der Waals surface area contributed by atoms with Crippen LogP contribution in [0.1, 0.15) is 0 Å². The number of urea groups is 1. The number of benzene rings is 2. The first-order valence-electron chi connectivity index (χ1n) is 8.53. The second-order valence-electron chi connectivity index (χ2n) is 5.90. The third kappa shape index (κ3) is 4.15. The molecular weight excluding hydrogens is 346 g/mol. The zero-order valence-corrected chi connectivity index (χ0v) is 15.6. The highest BCUT2D eigenvalue weighted by atomic mass is 16.5. The lowest BCUT2D eigenvalue weighted by molar-refractivity contribution is 0.188. The standard InChI is InChI=1S/C20H23N3O4/c1-25-11-10-23-13-16(15-6-4-5-7-17(15)23)22-20(24)21-14-8-9-18(26-2)19(12-14)27-3/h4-9,12-13H,10-11H2,1-3H3,(H2,21,22,24). The van der Waals surface area contributed by atoms with Crippen LogP contribution in [0.4, 0.5) is 16.2 Å². The highest BCUT2D eigenvalue weighted by molar-refractivity contribution is 6.06. The molecule has 0 aliphatic carbocycles. The lowest BCUT2D eigenvalue weighted by Gasteiger charge is -2.11. The number of hydrogen-bond donors (Lipinski definition) is 2. The van der Waals surface area contributed by atoms with Crippen LogP contribution >= 0.6 is 0 Å².